The third kappa shape index (κ3) is 15.7. The van der Waals surface area contributed by atoms with Crippen LogP contribution in [0.5, 0.6) is 0 Å². The molecule has 1 aliphatic carbocycles. The van der Waals surface area contributed by atoms with Crippen molar-refractivity contribution >= 4 is 122 Å². The highest BCUT2D eigenvalue weighted by atomic mass is 32.1. The number of furan rings is 1. The molecule has 0 N–H and O–H groups in total. The fourth-order valence-corrected chi connectivity index (χ4v) is 9.45. The Kier molecular flexibility index (Phi) is 19.2. The Morgan fingerprint density at radius 2 is 1.11 bits per heavy atom. The molecule has 17 heterocycles. The zero-order chi connectivity index (χ0) is 54.9. The first-order valence-electron chi connectivity index (χ1n) is 24.8. The summed E-state index contributed by atoms with van der Waals surface area (Å²) in [5.74, 6) is 0. The number of thiazole rings is 1. The number of allylic oxidation sites excluding steroid dienone is 1. The molecule has 0 radical (unpaired) electrons. The van der Waals surface area contributed by atoms with Gasteiger partial charge in [0.1, 0.15) is 11.1 Å². The van der Waals surface area contributed by atoms with Gasteiger partial charge in [0, 0.05) is 150 Å². The maximum absolute atomic E-state index is 5.08. The third-order valence-corrected chi connectivity index (χ3v) is 14.0. The predicted octanol–water partition coefficient (Wildman–Crippen LogP) is 14.0. The van der Waals surface area contributed by atoms with Gasteiger partial charge in [-0.25, -0.2) is 9.97 Å². The van der Waals surface area contributed by atoms with E-state index in [-0.39, 0.29) is 0 Å². The molecule has 0 unspecified atom stereocenters. The van der Waals surface area contributed by atoms with Crippen molar-refractivity contribution in [3.8, 4) is 0 Å². The van der Waals surface area contributed by atoms with Crippen LogP contribution in [0.4, 0.5) is 5.69 Å². The summed E-state index contributed by atoms with van der Waals surface area (Å²) in [6, 6.07) is 21.4. The molecule has 0 fully saturated rings. The van der Waals surface area contributed by atoms with Crippen molar-refractivity contribution in [1.82, 2.24) is 64.4 Å². The number of fused-ring (bicyclic) bond motifs is 9. The number of aliphatic imine (C=N–C) groups is 2. The largest absolute Gasteiger partial charge is 0.464 e. The lowest BCUT2D eigenvalue weighted by Crippen LogP contribution is -1.83. The van der Waals surface area contributed by atoms with E-state index in [4.69, 9.17) is 13.4 Å². The standard InChI is InChI=1S/C8H7N.2C7H6N2.C7H5NO.C7H5NS.2C6H4N2O.2C6H4N2S/c1-2-7-4-5-9-6-8(7)3-1;1-3-8-5-7-6(1)2-4-9-7;1-2-8-4-7-5-9-3-6(1)7;2*1-3-8-5-6-2-4-9-7(1)6;1-2-7-3-5-6(1)9-4-8-5;1-2-7-3-5-4-8-9-6(1)5;1-2-7-3-5-6(1)9-4-8-5;1-2-7-3-5-4-8-9-6(1)5/h1,3-6H,2H2;1,3-5H,2H2;1-2,4-5H,3H2;2*1-5H;4*1-4H. The Morgan fingerprint density at radius 1 is 0.444 bits per heavy atom. The van der Waals surface area contributed by atoms with Gasteiger partial charge in [-0.1, -0.05) is 17.3 Å². The predicted molar refractivity (Wildman–Crippen MR) is 321 cm³/mol. The van der Waals surface area contributed by atoms with Crippen molar-refractivity contribution in [2.75, 3.05) is 0 Å². The van der Waals surface area contributed by atoms with Crippen LogP contribution in [0.25, 0.3) is 69.5 Å². The average Bonchev–Trinajstić information content (AvgIpc) is 4.39. The summed E-state index contributed by atoms with van der Waals surface area (Å²) >= 11 is 4.88. The lowest BCUT2D eigenvalue weighted by atomic mass is 10.2. The molecule has 18 rings (SSSR count). The Bertz CT molecular complexity index is 3610. The molecule has 0 saturated heterocycles. The SMILES string of the molecule is C1=Cc2cnccc2C1.C1=NCc2ccncc21.C1=Nc2cnccc2C1.c1cc2occc2cn1.c1cc2ocnc2cn1.c1cc2oncc2cn1.c1cc2sccc2cn1.c1cc2scnc2cn1.c1cc2sncc2cn1. The van der Waals surface area contributed by atoms with Crippen LogP contribution in [0.15, 0.2) is 244 Å². The minimum atomic E-state index is 0.782. The Hall–Kier alpha value is -10.4. The van der Waals surface area contributed by atoms with E-state index in [2.05, 4.69) is 104 Å². The first-order valence-corrected chi connectivity index (χ1v) is 27.3. The van der Waals surface area contributed by atoms with Crippen LogP contribution in [-0.2, 0) is 19.4 Å². The number of pyridine rings is 9. The van der Waals surface area contributed by atoms with Crippen molar-refractivity contribution in [2.45, 2.75) is 19.4 Å². The van der Waals surface area contributed by atoms with Crippen LogP contribution < -0.4 is 0 Å². The lowest BCUT2D eigenvalue weighted by molar-refractivity contribution is 0.456. The summed E-state index contributed by atoms with van der Waals surface area (Å²) in [5, 5.41) is 10.0. The minimum Gasteiger partial charge on any atom is -0.464 e. The second-order valence-corrected chi connectivity index (χ2v) is 19.5. The zero-order valence-corrected chi connectivity index (χ0v) is 45.2. The van der Waals surface area contributed by atoms with E-state index in [9.17, 15) is 0 Å². The van der Waals surface area contributed by atoms with Crippen LogP contribution in [0, 0.1) is 0 Å². The molecule has 21 heteroatoms. The molecule has 0 bridgehead atoms. The maximum atomic E-state index is 5.08. The molecule has 15 aromatic heterocycles. The first kappa shape index (κ1) is 54.0. The maximum Gasteiger partial charge on any atom is 0.182 e. The molecule has 0 amide bonds. The third-order valence-electron chi connectivity index (χ3n) is 11.5. The van der Waals surface area contributed by atoms with Crippen molar-refractivity contribution in [3.63, 3.8) is 0 Å². The van der Waals surface area contributed by atoms with E-state index in [1.807, 2.05) is 104 Å². The van der Waals surface area contributed by atoms with Crippen molar-refractivity contribution < 1.29 is 13.4 Å². The van der Waals surface area contributed by atoms with Crippen LogP contribution in [-0.4, -0.2) is 76.8 Å². The van der Waals surface area contributed by atoms with Crippen molar-refractivity contribution in [3.05, 3.63) is 248 Å². The normalized spacial score (nSPS) is 11.4. The van der Waals surface area contributed by atoms with E-state index in [1.54, 1.807) is 122 Å². The van der Waals surface area contributed by atoms with Gasteiger partial charge in [0.25, 0.3) is 0 Å². The molecule has 396 valence electrons. The second-order valence-electron chi connectivity index (χ2n) is 16.8. The molecular formula is C60H45N15O3S3. The van der Waals surface area contributed by atoms with E-state index >= 15 is 0 Å². The fourth-order valence-electron chi connectivity index (χ4n) is 7.43. The molecule has 0 atom stereocenters. The Morgan fingerprint density at radius 3 is 1.86 bits per heavy atom. The number of oxazole rings is 1. The number of aromatic nitrogens is 13. The molecule has 0 spiro atoms. The molecule has 15 aromatic rings. The highest BCUT2D eigenvalue weighted by Gasteiger charge is 2.05. The molecule has 3 aliphatic rings. The zero-order valence-electron chi connectivity index (χ0n) is 42.8. The highest BCUT2D eigenvalue weighted by molar-refractivity contribution is 7.17. The second kappa shape index (κ2) is 28.9. The van der Waals surface area contributed by atoms with Gasteiger partial charge in [0.2, 0.25) is 0 Å². The quantitative estimate of drug-likeness (QED) is 0.137. The van der Waals surface area contributed by atoms with Crippen LogP contribution >= 0.6 is 34.2 Å². The lowest BCUT2D eigenvalue weighted by Gasteiger charge is -1.92. The smallest absolute Gasteiger partial charge is 0.182 e. The van der Waals surface area contributed by atoms with Crippen molar-refractivity contribution in [2.24, 2.45) is 9.98 Å². The Labute approximate surface area is 474 Å². The van der Waals surface area contributed by atoms with E-state index in [0.29, 0.717) is 0 Å². The molecular weight excluding hydrogens is 1070 g/mol. The summed E-state index contributed by atoms with van der Waals surface area (Å²) in [6.45, 7) is 0.831. The number of thiophene rings is 1. The van der Waals surface area contributed by atoms with Crippen LogP contribution in [0.2, 0.25) is 0 Å². The molecule has 0 aromatic carbocycles. The number of hydrogen-bond acceptors (Lipinski definition) is 21. The van der Waals surface area contributed by atoms with E-state index < -0.39 is 0 Å². The fraction of sp³-hybridized carbons (Fsp3) is 0.0500. The van der Waals surface area contributed by atoms with Gasteiger partial charge in [-0.15, -0.1) is 22.7 Å². The van der Waals surface area contributed by atoms with E-state index in [1.165, 1.54) is 59.7 Å². The summed E-state index contributed by atoms with van der Waals surface area (Å²) in [4.78, 5) is 51.6. The summed E-state index contributed by atoms with van der Waals surface area (Å²) < 4.78 is 22.6. The first-order chi connectivity index (χ1) is 40.2. The topological polar surface area (TPSA) is 232 Å². The van der Waals surface area contributed by atoms with Gasteiger partial charge < -0.3 is 13.4 Å². The van der Waals surface area contributed by atoms with Gasteiger partial charge >= 0.3 is 0 Å². The molecule has 81 heavy (non-hydrogen) atoms. The van der Waals surface area contributed by atoms with Crippen molar-refractivity contribution in [1.29, 1.82) is 0 Å². The van der Waals surface area contributed by atoms with Gasteiger partial charge in [0.05, 0.1) is 75.3 Å². The minimum absolute atomic E-state index is 0.782. The Balaban J connectivity index is 0.000000102. The monoisotopic (exact) mass is 1120 g/mol. The summed E-state index contributed by atoms with van der Waals surface area (Å²) in [5.41, 5.74) is 13.5. The number of hydrogen-bond donors (Lipinski definition) is 0. The molecule has 2 aliphatic heterocycles. The summed E-state index contributed by atoms with van der Waals surface area (Å²) in [6.07, 6.45) is 48.7. The van der Waals surface area contributed by atoms with Crippen LogP contribution in [0.1, 0.15) is 27.8 Å². The van der Waals surface area contributed by atoms with Crippen LogP contribution in [0.3, 0.4) is 0 Å². The molecule has 18 nitrogen and oxygen atoms in total. The van der Waals surface area contributed by atoms with E-state index in [0.717, 1.165) is 74.6 Å². The number of rotatable bonds is 0. The van der Waals surface area contributed by atoms with Gasteiger partial charge in [-0.3, -0.25) is 54.8 Å². The van der Waals surface area contributed by atoms with Gasteiger partial charge in [-0.05, 0) is 100 Å². The van der Waals surface area contributed by atoms with Gasteiger partial charge in [0.15, 0.2) is 17.6 Å². The average molecular weight is 1120 g/mol. The van der Waals surface area contributed by atoms with Gasteiger partial charge in [-0.2, -0.15) is 4.37 Å². The summed E-state index contributed by atoms with van der Waals surface area (Å²) in [7, 11) is 0. The number of nitrogens with zero attached hydrogens (tertiary/aromatic N) is 15. The molecule has 0 saturated carbocycles. The highest BCUT2D eigenvalue weighted by Crippen LogP contribution is 2.22.